The van der Waals surface area contributed by atoms with Crippen molar-refractivity contribution in [2.24, 2.45) is 17.8 Å². The number of ether oxygens (including phenoxy) is 1. The summed E-state index contributed by atoms with van der Waals surface area (Å²) in [5.41, 5.74) is 4.71. The second kappa shape index (κ2) is 7.78. The number of alkyl carbamates (subject to hydrolysis) is 1. The number of nitrogens with one attached hydrogen (secondary N) is 1. The molecule has 0 heterocycles. The molecule has 2 saturated carbocycles. The normalized spacial score (nSPS) is 24.9. The fourth-order valence-electron chi connectivity index (χ4n) is 6.08. The zero-order valence-electron chi connectivity index (χ0n) is 16.9. The third kappa shape index (κ3) is 3.47. The maximum absolute atomic E-state index is 12.7. The molecule has 2 aromatic rings. The Hall–Kier alpha value is -2.82. The van der Waals surface area contributed by atoms with Crippen molar-refractivity contribution >= 4 is 12.1 Å². The molecule has 5 heteroatoms. The quantitative estimate of drug-likeness (QED) is 0.724. The molecular formula is C25H27NO4. The number of fused-ring (bicyclic) bond motifs is 5. The molecule has 0 aliphatic heterocycles. The first-order valence-electron chi connectivity index (χ1n) is 10.9. The summed E-state index contributed by atoms with van der Waals surface area (Å²) < 4.78 is 5.65. The summed E-state index contributed by atoms with van der Waals surface area (Å²) in [5, 5.41) is 12.3. The van der Waals surface area contributed by atoms with Crippen LogP contribution in [0.3, 0.4) is 0 Å². The first-order chi connectivity index (χ1) is 14.6. The number of rotatable bonds is 6. The molecule has 0 aromatic heterocycles. The standard InChI is InChI=1S/C25H27NO4/c27-24(28)13-23(21-12-15-9-10-16(21)11-15)26-25(29)30-14-22-19-7-3-1-5-17(19)18-6-2-4-8-20(18)22/h1-8,15-16,21-23H,9-14H2,(H,26,29)(H,27,28). The van der Waals surface area contributed by atoms with Crippen molar-refractivity contribution in [3.8, 4) is 11.1 Å². The fraction of sp³-hybridized carbons (Fsp3) is 0.440. The van der Waals surface area contributed by atoms with E-state index in [1.807, 2.05) is 24.3 Å². The molecule has 5 nitrogen and oxygen atoms in total. The van der Waals surface area contributed by atoms with Gasteiger partial charge in [0.25, 0.3) is 0 Å². The highest BCUT2D eigenvalue weighted by atomic mass is 16.5. The van der Waals surface area contributed by atoms with Gasteiger partial charge < -0.3 is 15.2 Å². The third-order valence-electron chi connectivity index (χ3n) is 7.35. The monoisotopic (exact) mass is 405 g/mol. The van der Waals surface area contributed by atoms with Gasteiger partial charge in [-0.3, -0.25) is 4.79 Å². The van der Waals surface area contributed by atoms with Crippen LogP contribution < -0.4 is 5.32 Å². The number of carboxylic acid groups (broad SMARTS) is 1. The summed E-state index contributed by atoms with van der Waals surface area (Å²) in [6.07, 6.45) is 4.03. The topological polar surface area (TPSA) is 75.6 Å². The Labute approximate surface area is 176 Å². The molecule has 30 heavy (non-hydrogen) atoms. The van der Waals surface area contributed by atoms with Crippen LogP contribution in [0.15, 0.2) is 48.5 Å². The molecule has 4 atom stereocenters. The maximum Gasteiger partial charge on any atom is 0.407 e. The Morgan fingerprint density at radius 2 is 1.67 bits per heavy atom. The summed E-state index contributed by atoms with van der Waals surface area (Å²) in [4.78, 5) is 24.1. The van der Waals surface area contributed by atoms with Gasteiger partial charge in [-0.2, -0.15) is 0 Å². The lowest BCUT2D eigenvalue weighted by atomic mass is 9.82. The van der Waals surface area contributed by atoms with Gasteiger partial charge in [-0.25, -0.2) is 4.79 Å². The van der Waals surface area contributed by atoms with Crippen molar-refractivity contribution in [2.75, 3.05) is 6.61 Å². The lowest BCUT2D eigenvalue weighted by molar-refractivity contribution is -0.138. The molecule has 1 amide bonds. The number of hydrogen-bond donors (Lipinski definition) is 2. The van der Waals surface area contributed by atoms with Gasteiger partial charge in [-0.1, -0.05) is 55.0 Å². The summed E-state index contributed by atoms with van der Waals surface area (Å²) in [6.45, 7) is 0.246. The van der Waals surface area contributed by atoms with E-state index in [4.69, 9.17) is 4.74 Å². The lowest BCUT2D eigenvalue weighted by Crippen LogP contribution is -2.44. The molecule has 4 unspecified atom stereocenters. The van der Waals surface area contributed by atoms with E-state index < -0.39 is 12.1 Å². The molecule has 2 aromatic carbocycles. The van der Waals surface area contributed by atoms with Crippen LogP contribution in [0, 0.1) is 17.8 Å². The molecule has 2 N–H and O–H groups in total. The van der Waals surface area contributed by atoms with E-state index in [0.717, 1.165) is 12.8 Å². The second-order valence-corrected chi connectivity index (χ2v) is 9.01. The number of carbonyl (C=O) groups excluding carboxylic acids is 1. The first-order valence-corrected chi connectivity index (χ1v) is 10.9. The maximum atomic E-state index is 12.7. The number of benzene rings is 2. The highest BCUT2D eigenvalue weighted by Gasteiger charge is 2.44. The van der Waals surface area contributed by atoms with E-state index in [1.54, 1.807) is 0 Å². The Balaban J connectivity index is 1.27. The smallest absolute Gasteiger partial charge is 0.407 e. The van der Waals surface area contributed by atoms with Gasteiger partial charge in [-0.15, -0.1) is 0 Å². The first kappa shape index (κ1) is 19.2. The van der Waals surface area contributed by atoms with Crippen LogP contribution in [0.4, 0.5) is 4.79 Å². The van der Waals surface area contributed by atoms with Gasteiger partial charge >= 0.3 is 12.1 Å². The minimum Gasteiger partial charge on any atom is -0.481 e. The minimum atomic E-state index is -0.873. The number of hydrogen-bond acceptors (Lipinski definition) is 3. The van der Waals surface area contributed by atoms with Crippen LogP contribution in [-0.2, 0) is 9.53 Å². The van der Waals surface area contributed by atoms with E-state index in [0.29, 0.717) is 11.8 Å². The van der Waals surface area contributed by atoms with Crippen LogP contribution in [0.1, 0.15) is 49.1 Å². The van der Waals surface area contributed by atoms with Crippen molar-refractivity contribution in [1.29, 1.82) is 0 Å². The number of carboxylic acids is 1. The van der Waals surface area contributed by atoms with Gasteiger partial charge in [0.1, 0.15) is 6.61 Å². The van der Waals surface area contributed by atoms with Gasteiger partial charge in [0, 0.05) is 12.0 Å². The van der Waals surface area contributed by atoms with E-state index in [-0.39, 0.29) is 30.9 Å². The van der Waals surface area contributed by atoms with Crippen molar-refractivity contribution in [3.63, 3.8) is 0 Å². The lowest BCUT2D eigenvalue weighted by Gasteiger charge is -2.30. The molecule has 5 rings (SSSR count). The van der Waals surface area contributed by atoms with Crippen LogP contribution in [0.25, 0.3) is 11.1 Å². The van der Waals surface area contributed by atoms with Crippen LogP contribution in [-0.4, -0.2) is 29.8 Å². The summed E-state index contributed by atoms with van der Waals surface area (Å²) >= 11 is 0. The Morgan fingerprint density at radius 3 is 2.23 bits per heavy atom. The highest BCUT2D eigenvalue weighted by Crippen LogP contribution is 2.50. The largest absolute Gasteiger partial charge is 0.481 e. The second-order valence-electron chi connectivity index (χ2n) is 9.01. The van der Waals surface area contributed by atoms with Crippen molar-refractivity contribution in [3.05, 3.63) is 59.7 Å². The molecule has 2 bridgehead atoms. The molecule has 0 spiro atoms. The molecule has 3 aliphatic carbocycles. The molecule has 156 valence electrons. The summed E-state index contributed by atoms with van der Waals surface area (Å²) in [7, 11) is 0. The molecular weight excluding hydrogens is 378 g/mol. The van der Waals surface area contributed by atoms with Gasteiger partial charge in [0.15, 0.2) is 0 Å². The molecule has 3 aliphatic rings. The Kier molecular flexibility index (Phi) is 4.97. The molecule has 0 radical (unpaired) electrons. The molecule has 2 fully saturated rings. The minimum absolute atomic E-state index is 0.00330. The van der Waals surface area contributed by atoms with Crippen LogP contribution >= 0.6 is 0 Å². The van der Waals surface area contributed by atoms with E-state index in [1.165, 1.54) is 35.1 Å². The Bertz CT molecular complexity index is 926. The van der Waals surface area contributed by atoms with E-state index in [9.17, 15) is 14.7 Å². The van der Waals surface area contributed by atoms with Crippen molar-refractivity contribution in [2.45, 2.75) is 44.1 Å². The fourth-order valence-corrected chi connectivity index (χ4v) is 6.08. The van der Waals surface area contributed by atoms with Gasteiger partial charge in [0.05, 0.1) is 6.42 Å². The average Bonchev–Trinajstić information content (AvgIpc) is 3.45. The SMILES string of the molecule is O=C(O)CC(NC(=O)OCC1c2ccccc2-c2ccccc21)C1CC2CCC1C2. The molecule has 0 saturated heterocycles. The number of carbonyl (C=O) groups is 2. The summed E-state index contributed by atoms with van der Waals surface area (Å²) in [5.74, 6) is 0.611. The Morgan fingerprint density at radius 1 is 1.00 bits per heavy atom. The third-order valence-corrected chi connectivity index (χ3v) is 7.35. The van der Waals surface area contributed by atoms with E-state index >= 15 is 0 Å². The average molecular weight is 405 g/mol. The number of aliphatic carboxylic acids is 1. The predicted octanol–water partition coefficient (Wildman–Crippen LogP) is 4.80. The highest BCUT2D eigenvalue weighted by molar-refractivity contribution is 5.79. The predicted molar refractivity (Wildman–Crippen MR) is 113 cm³/mol. The van der Waals surface area contributed by atoms with E-state index in [2.05, 4.69) is 29.6 Å². The van der Waals surface area contributed by atoms with Crippen LogP contribution in [0.5, 0.6) is 0 Å². The van der Waals surface area contributed by atoms with Gasteiger partial charge in [-0.05, 0) is 59.3 Å². The van der Waals surface area contributed by atoms with Crippen LogP contribution in [0.2, 0.25) is 0 Å². The van der Waals surface area contributed by atoms with Crippen molar-refractivity contribution < 1.29 is 19.4 Å². The van der Waals surface area contributed by atoms with Gasteiger partial charge in [0.2, 0.25) is 0 Å². The zero-order chi connectivity index (χ0) is 20.7. The summed E-state index contributed by atoms with van der Waals surface area (Å²) in [6, 6.07) is 16.1. The van der Waals surface area contributed by atoms with Crippen molar-refractivity contribution in [1.82, 2.24) is 5.32 Å². The zero-order valence-corrected chi connectivity index (χ0v) is 16.9. The number of amides is 1.